The van der Waals surface area contributed by atoms with Crippen molar-refractivity contribution in [2.45, 2.75) is 6.92 Å². The Bertz CT molecular complexity index is 116. The van der Waals surface area contributed by atoms with Gasteiger partial charge < -0.3 is 10.5 Å². The van der Waals surface area contributed by atoms with Crippen LogP contribution in [-0.2, 0) is 4.74 Å². The molecule has 0 rings (SSSR count). The molecule has 0 bridgehead atoms. The second kappa shape index (κ2) is 3.13. The molecule has 0 heterocycles. The minimum Gasteiger partial charge on any atom is -0.501 e. The van der Waals surface area contributed by atoms with Gasteiger partial charge >= 0.3 is 0 Å². The molecule has 0 fully saturated rings. The van der Waals surface area contributed by atoms with Gasteiger partial charge in [0, 0.05) is 5.70 Å². The summed E-state index contributed by atoms with van der Waals surface area (Å²) in [4.78, 5) is 0. The van der Waals surface area contributed by atoms with Crippen molar-refractivity contribution in [1.82, 2.24) is 0 Å². The van der Waals surface area contributed by atoms with Crippen molar-refractivity contribution in [3.63, 3.8) is 0 Å². The Morgan fingerprint density at radius 1 is 1.75 bits per heavy atom. The molecule has 0 radical (unpaired) electrons. The van der Waals surface area contributed by atoms with Crippen LogP contribution in [0.3, 0.4) is 0 Å². The molecule has 0 saturated heterocycles. The monoisotopic (exact) mass is 113 g/mol. The van der Waals surface area contributed by atoms with Gasteiger partial charge in [-0.2, -0.15) is 0 Å². The van der Waals surface area contributed by atoms with E-state index >= 15 is 0 Å². The first-order valence-corrected chi connectivity index (χ1v) is 2.33. The molecule has 0 saturated carbocycles. The molecule has 0 aliphatic carbocycles. The van der Waals surface area contributed by atoms with Gasteiger partial charge in [-0.15, -0.1) is 0 Å². The van der Waals surface area contributed by atoms with Crippen molar-refractivity contribution in [1.29, 1.82) is 0 Å². The van der Waals surface area contributed by atoms with Gasteiger partial charge in [0.1, 0.15) is 0 Å². The molecule has 2 nitrogen and oxygen atoms in total. The molecule has 0 spiro atoms. The van der Waals surface area contributed by atoms with E-state index in [4.69, 9.17) is 10.5 Å². The minimum atomic E-state index is 0.518. The van der Waals surface area contributed by atoms with Gasteiger partial charge in [-0.05, 0) is 13.0 Å². The highest BCUT2D eigenvalue weighted by Gasteiger charge is 1.81. The number of ether oxygens (including phenoxy) is 1. The molecule has 0 aromatic carbocycles. The van der Waals surface area contributed by atoms with Gasteiger partial charge in [-0.3, -0.25) is 0 Å². The number of hydrogen-bond acceptors (Lipinski definition) is 2. The van der Waals surface area contributed by atoms with Crippen molar-refractivity contribution < 1.29 is 4.74 Å². The van der Waals surface area contributed by atoms with Crippen LogP contribution in [-0.4, -0.2) is 7.11 Å². The zero-order chi connectivity index (χ0) is 6.57. The Balaban J connectivity index is 3.75. The Morgan fingerprint density at radius 2 is 2.25 bits per heavy atom. The Kier molecular flexibility index (Phi) is 2.77. The van der Waals surface area contributed by atoms with Crippen LogP contribution in [0.5, 0.6) is 0 Å². The fourth-order valence-electron chi connectivity index (χ4n) is 0.320. The van der Waals surface area contributed by atoms with Crippen molar-refractivity contribution in [3.05, 3.63) is 24.1 Å². The number of rotatable bonds is 2. The van der Waals surface area contributed by atoms with E-state index in [0.29, 0.717) is 5.70 Å². The van der Waals surface area contributed by atoms with Gasteiger partial charge in [0.25, 0.3) is 0 Å². The summed E-state index contributed by atoms with van der Waals surface area (Å²) in [5, 5.41) is 0. The molecule has 0 aromatic heterocycles. The highest BCUT2D eigenvalue weighted by molar-refractivity contribution is 5.12. The quantitative estimate of drug-likeness (QED) is 0.428. The summed E-state index contributed by atoms with van der Waals surface area (Å²) >= 11 is 0. The van der Waals surface area contributed by atoms with E-state index < -0.39 is 0 Å². The average molecular weight is 113 g/mol. The van der Waals surface area contributed by atoms with Crippen LogP contribution in [0.2, 0.25) is 0 Å². The second-order valence-corrected chi connectivity index (χ2v) is 1.53. The number of nitrogens with two attached hydrogens (primary N) is 1. The van der Waals surface area contributed by atoms with Crippen LogP contribution in [0.15, 0.2) is 24.1 Å². The van der Waals surface area contributed by atoms with E-state index in [2.05, 4.69) is 6.58 Å². The number of allylic oxidation sites excluding steroid dienone is 2. The van der Waals surface area contributed by atoms with Crippen LogP contribution < -0.4 is 5.73 Å². The first kappa shape index (κ1) is 7.08. The summed E-state index contributed by atoms with van der Waals surface area (Å²) < 4.78 is 4.78. The van der Waals surface area contributed by atoms with E-state index in [1.807, 2.05) is 6.92 Å². The Hall–Kier alpha value is -0.920. The van der Waals surface area contributed by atoms with Gasteiger partial charge in [0.05, 0.1) is 12.9 Å². The van der Waals surface area contributed by atoms with Gasteiger partial charge in [-0.25, -0.2) is 0 Å². The third-order valence-electron chi connectivity index (χ3n) is 0.711. The van der Waals surface area contributed by atoms with Crippen molar-refractivity contribution in [2.75, 3.05) is 7.11 Å². The molecule has 8 heavy (non-hydrogen) atoms. The van der Waals surface area contributed by atoms with Crippen LogP contribution >= 0.6 is 0 Å². The van der Waals surface area contributed by atoms with Crippen LogP contribution in [0, 0.1) is 0 Å². The molecule has 2 N–H and O–H groups in total. The second-order valence-electron chi connectivity index (χ2n) is 1.53. The first-order chi connectivity index (χ1) is 3.66. The molecule has 0 aromatic rings. The summed E-state index contributed by atoms with van der Waals surface area (Å²) in [5.41, 5.74) is 5.74. The molecule has 0 atom stereocenters. The Labute approximate surface area is 49.6 Å². The lowest BCUT2D eigenvalue weighted by Crippen LogP contribution is -1.91. The lowest BCUT2D eigenvalue weighted by molar-refractivity contribution is 0.293. The number of hydrogen-bond donors (Lipinski definition) is 1. The minimum absolute atomic E-state index is 0.518. The van der Waals surface area contributed by atoms with Crippen LogP contribution in [0.1, 0.15) is 6.92 Å². The van der Waals surface area contributed by atoms with E-state index in [1.165, 1.54) is 0 Å². The lowest BCUT2D eigenvalue weighted by Gasteiger charge is -1.95. The molecular weight excluding hydrogens is 102 g/mol. The molecule has 0 aliphatic rings. The van der Waals surface area contributed by atoms with E-state index in [9.17, 15) is 0 Å². The summed E-state index contributed by atoms with van der Waals surface area (Å²) in [7, 11) is 1.59. The molecule has 0 amide bonds. The maximum Gasteiger partial charge on any atom is 0.0944 e. The fourth-order valence-corrected chi connectivity index (χ4v) is 0.320. The SMILES string of the molecule is C=C(N)/C=C(\C)OC. The largest absolute Gasteiger partial charge is 0.501 e. The predicted octanol–water partition coefficient (Wildman–Crippen LogP) is 1.01. The van der Waals surface area contributed by atoms with Gasteiger partial charge in [0.15, 0.2) is 0 Å². The highest BCUT2D eigenvalue weighted by Crippen LogP contribution is 1.93. The maximum atomic E-state index is 5.22. The van der Waals surface area contributed by atoms with Crippen LogP contribution in [0.25, 0.3) is 0 Å². The maximum absolute atomic E-state index is 5.22. The molecule has 46 valence electrons. The third kappa shape index (κ3) is 3.28. The lowest BCUT2D eigenvalue weighted by atomic mass is 10.4. The molecule has 0 unspecified atom stereocenters. The average Bonchev–Trinajstić information content (AvgIpc) is 1.65. The predicted molar refractivity (Wildman–Crippen MR) is 34.1 cm³/mol. The van der Waals surface area contributed by atoms with E-state index in [-0.39, 0.29) is 0 Å². The van der Waals surface area contributed by atoms with E-state index in [0.717, 1.165) is 5.76 Å². The zero-order valence-electron chi connectivity index (χ0n) is 5.27. The van der Waals surface area contributed by atoms with Crippen LogP contribution in [0.4, 0.5) is 0 Å². The standard InChI is InChI=1S/C6H11NO/c1-5(7)4-6(2)8-3/h4H,1,7H2,2-3H3/b6-4+. The summed E-state index contributed by atoms with van der Waals surface area (Å²) in [5.74, 6) is 0.775. The first-order valence-electron chi connectivity index (χ1n) is 2.33. The Morgan fingerprint density at radius 3 is 2.38 bits per heavy atom. The molecule has 2 heteroatoms. The molecule has 0 aliphatic heterocycles. The van der Waals surface area contributed by atoms with Gasteiger partial charge in [-0.1, -0.05) is 6.58 Å². The van der Waals surface area contributed by atoms with Crippen molar-refractivity contribution in [2.24, 2.45) is 5.73 Å². The fraction of sp³-hybridized carbons (Fsp3) is 0.333. The normalized spacial score (nSPS) is 11.0. The van der Waals surface area contributed by atoms with Crippen molar-refractivity contribution in [3.8, 4) is 0 Å². The number of methoxy groups -OCH3 is 1. The summed E-state index contributed by atoms with van der Waals surface area (Å²) in [6.07, 6.45) is 1.67. The third-order valence-corrected chi connectivity index (χ3v) is 0.711. The zero-order valence-corrected chi connectivity index (χ0v) is 5.27. The van der Waals surface area contributed by atoms with Gasteiger partial charge in [0.2, 0.25) is 0 Å². The smallest absolute Gasteiger partial charge is 0.0944 e. The van der Waals surface area contributed by atoms with Crippen molar-refractivity contribution >= 4 is 0 Å². The summed E-state index contributed by atoms with van der Waals surface area (Å²) in [6, 6.07) is 0. The summed E-state index contributed by atoms with van der Waals surface area (Å²) in [6.45, 7) is 5.28. The van der Waals surface area contributed by atoms with E-state index in [1.54, 1.807) is 13.2 Å². The molecular formula is C6H11NO. The highest BCUT2D eigenvalue weighted by atomic mass is 16.5. The topological polar surface area (TPSA) is 35.2 Å².